The van der Waals surface area contributed by atoms with E-state index in [1.165, 1.54) is 38.3 Å². The molecule has 8 heteroatoms. The number of benzene rings is 1. The highest BCUT2D eigenvalue weighted by molar-refractivity contribution is 7.89. The summed E-state index contributed by atoms with van der Waals surface area (Å²) in [6.07, 6.45) is 0. The molecule has 112 valence electrons. The summed E-state index contributed by atoms with van der Waals surface area (Å²) in [7, 11) is -2.70. The number of hydrogen-bond donors (Lipinski definition) is 3. The lowest BCUT2D eigenvalue weighted by Gasteiger charge is -2.20. The van der Waals surface area contributed by atoms with Crippen LogP contribution in [0.15, 0.2) is 29.2 Å². The summed E-state index contributed by atoms with van der Waals surface area (Å²) in [4.78, 5) is 11.2. The minimum atomic E-state index is -3.90. The van der Waals surface area contributed by atoms with Gasteiger partial charge in [-0.1, -0.05) is 6.07 Å². The Balaban J connectivity index is 2.96. The summed E-state index contributed by atoms with van der Waals surface area (Å²) in [6.45, 7) is 0.354. The Labute approximate surface area is 117 Å². The molecule has 0 aromatic heterocycles. The van der Waals surface area contributed by atoms with Crippen LogP contribution in [-0.2, 0) is 14.8 Å². The Morgan fingerprint density at radius 1 is 1.45 bits per heavy atom. The Hall–Kier alpha value is -1.48. The fourth-order valence-electron chi connectivity index (χ4n) is 1.30. The maximum Gasteiger partial charge on any atom is 0.337 e. The Bertz CT molecular complexity index is 581. The molecule has 0 saturated carbocycles. The number of nitrogens with one attached hydrogen (secondary N) is 1. The van der Waals surface area contributed by atoms with E-state index >= 15 is 0 Å². The number of methoxy groups -OCH3 is 1. The molecule has 7 nitrogen and oxygen atoms in total. The second-order valence-corrected chi connectivity index (χ2v) is 6.27. The molecule has 0 amide bonds. The van der Waals surface area contributed by atoms with Crippen LogP contribution in [0.4, 0.5) is 0 Å². The van der Waals surface area contributed by atoms with Gasteiger partial charge in [-0.15, -0.1) is 0 Å². The summed E-state index contributed by atoms with van der Waals surface area (Å²) < 4.78 is 30.7. The lowest BCUT2D eigenvalue weighted by molar-refractivity contribution is 0.00681. The van der Waals surface area contributed by atoms with E-state index in [0.29, 0.717) is 0 Å². The molecule has 0 bridgehead atoms. The van der Waals surface area contributed by atoms with Crippen LogP contribution in [0.5, 0.6) is 0 Å². The van der Waals surface area contributed by atoms with Crippen molar-refractivity contribution in [1.82, 2.24) is 4.72 Å². The van der Waals surface area contributed by atoms with E-state index < -0.39 is 28.2 Å². The van der Waals surface area contributed by atoms with Crippen LogP contribution in [0.2, 0.25) is 0 Å². The predicted molar refractivity (Wildman–Crippen MR) is 70.7 cm³/mol. The highest BCUT2D eigenvalue weighted by atomic mass is 32.2. The minimum Gasteiger partial charge on any atom is -0.465 e. The van der Waals surface area contributed by atoms with Gasteiger partial charge in [0.1, 0.15) is 0 Å². The van der Waals surface area contributed by atoms with Crippen molar-refractivity contribution in [2.75, 3.05) is 20.3 Å². The van der Waals surface area contributed by atoms with Gasteiger partial charge in [-0.2, -0.15) is 0 Å². The summed E-state index contributed by atoms with van der Waals surface area (Å²) in [5.41, 5.74) is -1.46. The number of sulfonamides is 1. The molecule has 0 spiro atoms. The summed E-state index contributed by atoms with van der Waals surface area (Å²) >= 11 is 0. The molecule has 1 atom stereocenters. The molecule has 0 heterocycles. The van der Waals surface area contributed by atoms with E-state index in [9.17, 15) is 18.3 Å². The molecule has 0 aliphatic rings. The molecule has 0 aliphatic heterocycles. The largest absolute Gasteiger partial charge is 0.465 e. The zero-order valence-corrected chi connectivity index (χ0v) is 12.0. The van der Waals surface area contributed by atoms with Crippen molar-refractivity contribution in [3.05, 3.63) is 29.8 Å². The maximum absolute atomic E-state index is 12.0. The van der Waals surface area contributed by atoms with Crippen molar-refractivity contribution in [3.63, 3.8) is 0 Å². The number of carbonyl (C=O) groups is 1. The molecular formula is C12H17NO6S. The number of aliphatic hydroxyl groups is 2. The first-order chi connectivity index (χ1) is 9.22. The molecule has 1 rings (SSSR count). The molecule has 0 saturated heterocycles. The predicted octanol–water partition coefficient (Wildman–Crippen LogP) is -0.505. The normalized spacial score (nSPS) is 14.6. The SMILES string of the molecule is COC(=O)c1cccc(S(=O)(=O)NCC(C)(O)CO)c1. The van der Waals surface area contributed by atoms with E-state index in [2.05, 4.69) is 9.46 Å². The van der Waals surface area contributed by atoms with Crippen molar-refractivity contribution >= 4 is 16.0 Å². The highest BCUT2D eigenvalue weighted by Gasteiger charge is 2.23. The van der Waals surface area contributed by atoms with Gasteiger partial charge in [0.15, 0.2) is 0 Å². The van der Waals surface area contributed by atoms with Crippen LogP contribution in [0.3, 0.4) is 0 Å². The van der Waals surface area contributed by atoms with Gasteiger partial charge in [-0.25, -0.2) is 17.9 Å². The van der Waals surface area contributed by atoms with Gasteiger partial charge in [-0.3, -0.25) is 0 Å². The third-order valence-corrected chi connectivity index (χ3v) is 3.95. The topological polar surface area (TPSA) is 113 Å². The average molecular weight is 303 g/mol. The van der Waals surface area contributed by atoms with Gasteiger partial charge in [0.25, 0.3) is 0 Å². The van der Waals surface area contributed by atoms with Crippen LogP contribution in [-0.4, -0.2) is 50.5 Å². The summed E-state index contributed by atoms with van der Waals surface area (Å²) in [5, 5.41) is 18.4. The van der Waals surface area contributed by atoms with Gasteiger partial charge < -0.3 is 14.9 Å². The monoisotopic (exact) mass is 303 g/mol. The van der Waals surface area contributed by atoms with Crippen LogP contribution in [0.25, 0.3) is 0 Å². The van der Waals surface area contributed by atoms with Crippen molar-refractivity contribution in [3.8, 4) is 0 Å². The lowest BCUT2D eigenvalue weighted by Crippen LogP contribution is -2.43. The quantitative estimate of drug-likeness (QED) is 0.610. The van der Waals surface area contributed by atoms with Gasteiger partial charge in [0, 0.05) is 6.54 Å². The summed E-state index contributed by atoms with van der Waals surface area (Å²) in [6, 6.07) is 5.31. The van der Waals surface area contributed by atoms with Gasteiger partial charge in [-0.05, 0) is 25.1 Å². The first-order valence-corrected chi connectivity index (χ1v) is 7.21. The lowest BCUT2D eigenvalue weighted by atomic mass is 10.1. The van der Waals surface area contributed by atoms with Crippen LogP contribution in [0.1, 0.15) is 17.3 Å². The fraction of sp³-hybridized carbons (Fsp3) is 0.417. The highest BCUT2D eigenvalue weighted by Crippen LogP contribution is 2.13. The summed E-state index contributed by atoms with van der Waals surface area (Å²) in [5.74, 6) is -0.649. The van der Waals surface area contributed by atoms with E-state index in [0.717, 1.165) is 0 Å². The molecule has 3 N–H and O–H groups in total. The standard InChI is InChI=1S/C12H17NO6S/c1-12(16,8-14)7-13-20(17,18)10-5-3-4-9(6-10)11(15)19-2/h3-6,13-14,16H,7-8H2,1-2H3. The molecule has 1 unspecified atom stereocenters. The maximum atomic E-state index is 12.0. The second kappa shape index (κ2) is 6.31. The number of ether oxygens (including phenoxy) is 1. The van der Waals surface area contributed by atoms with E-state index in [1.807, 2.05) is 0 Å². The number of hydrogen-bond acceptors (Lipinski definition) is 6. The smallest absolute Gasteiger partial charge is 0.337 e. The Kier molecular flexibility index (Phi) is 5.23. The molecule has 0 aliphatic carbocycles. The number of aliphatic hydroxyl groups excluding tert-OH is 1. The van der Waals surface area contributed by atoms with Crippen molar-refractivity contribution < 1.29 is 28.2 Å². The first-order valence-electron chi connectivity index (χ1n) is 5.73. The van der Waals surface area contributed by atoms with Crippen molar-refractivity contribution in [1.29, 1.82) is 0 Å². The Morgan fingerprint density at radius 3 is 2.65 bits per heavy atom. The molecular weight excluding hydrogens is 286 g/mol. The van der Waals surface area contributed by atoms with Gasteiger partial charge >= 0.3 is 5.97 Å². The molecule has 1 aromatic rings. The number of carbonyl (C=O) groups excluding carboxylic acids is 1. The van der Waals surface area contributed by atoms with E-state index in [-0.39, 0.29) is 17.0 Å². The molecule has 1 aromatic carbocycles. The Morgan fingerprint density at radius 2 is 2.10 bits per heavy atom. The molecule has 20 heavy (non-hydrogen) atoms. The zero-order valence-electron chi connectivity index (χ0n) is 11.2. The second-order valence-electron chi connectivity index (χ2n) is 4.50. The average Bonchev–Trinajstić information content (AvgIpc) is 2.45. The van der Waals surface area contributed by atoms with Gasteiger partial charge in [0.2, 0.25) is 10.0 Å². The number of esters is 1. The number of rotatable bonds is 6. The molecule has 0 fully saturated rings. The van der Waals surface area contributed by atoms with Crippen LogP contribution in [0, 0.1) is 0 Å². The minimum absolute atomic E-state index is 0.101. The van der Waals surface area contributed by atoms with E-state index in [4.69, 9.17) is 5.11 Å². The third-order valence-electron chi connectivity index (χ3n) is 2.55. The third kappa shape index (κ3) is 4.27. The van der Waals surface area contributed by atoms with Crippen molar-refractivity contribution in [2.45, 2.75) is 17.4 Å². The van der Waals surface area contributed by atoms with Crippen LogP contribution >= 0.6 is 0 Å². The van der Waals surface area contributed by atoms with Gasteiger partial charge in [0.05, 0.1) is 29.8 Å². The van der Waals surface area contributed by atoms with Crippen molar-refractivity contribution in [2.24, 2.45) is 0 Å². The zero-order chi connectivity index (χ0) is 15.4. The first kappa shape index (κ1) is 16.6. The van der Waals surface area contributed by atoms with Crippen LogP contribution < -0.4 is 4.72 Å². The van der Waals surface area contributed by atoms with E-state index in [1.54, 1.807) is 0 Å². The molecule has 0 radical (unpaired) electrons. The fourth-order valence-corrected chi connectivity index (χ4v) is 2.51.